The van der Waals surface area contributed by atoms with Crippen LogP contribution in [0.4, 0.5) is 0 Å². The van der Waals surface area contributed by atoms with E-state index in [4.69, 9.17) is 18.9 Å². The first-order valence-electron chi connectivity index (χ1n) is 9.21. The number of esters is 1. The van der Waals surface area contributed by atoms with Crippen molar-refractivity contribution in [1.29, 1.82) is 0 Å². The quantitative estimate of drug-likeness (QED) is 0.650. The van der Waals surface area contributed by atoms with Gasteiger partial charge in [-0.05, 0) is 50.6 Å². The summed E-state index contributed by atoms with van der Waals surface area (Å²) in [5.74, 6) is 0.832. The Morgan fingerprint density at radius 3 is 2.34 bits per heavy atom. The summed E-state index contributed by atoms with van der Waals surface area (Å²) in [5, 5.41) is 2.77. The van der Waals surface area contributed by atoms with Crippen LogP contribution in [0.25, 0.3) is 0 Å². The number of carbonyl (C=O) groups is 2. The predicted octanol–water partition coefficient (Wildman–Crippen LogP) is 3.12. The molecule has 0 aliphatic carbocycles. The molecule has 2 rings (SSSR count). The fourth-order valence-corrected chi connectivity index (χ4v) is 2.82. The molecule has 1 atom stereocenters. The van der Waals surface area contributed by atoms with Crippen LogP contribution in [0.1, 0.15) is 29.7 Å². The molecule has 0 heterocycles. The number of carbonyl (C=O) groups excluding carboxylic acids is 2. The van der Waals surface area contributed by atoms with E-state index < -0.39 is 18.5 Å². The summed E-state index contributed by atoms with van der Waals surface area (Å²) < 4.78 is 21.0. The molecule has 7 nitrogen and oxygen atoms in total. The zero-order chi connectivity index (χ0) is 21.4. The maximum atomic E-state index is 12.1. The molecule has 0 aromatic heterocycles. The summed E-state index contributed by atoms with van der Waals surface area (Å²) in [6, 6.07) is 10.6. The Morgan fingerprint density at radius 1 is 0.966 bits per heavy atom. The van der Waals surface area contributed by atoms with Crippen molar-refractivity contribution in [3.63, 3.8) is 0 Å². The number of rotatable bonds is 9. The van der Waals surface area contributed by atoms with Gasteiger partial charge in [0.25, 0.3) is 5.91 Å². The Bertz CT molecular complexity index is 864. The summed E-state index contributed by atoms with van der Waals surface area (Å²) >= 11 is 0. The van der Waals surface area contributed by atoms with Crippen molar-refractivity contribution in [1.82, 2.24) is 5.32 Å². The lowest BCUT2D eigenvalue weighted by Gasteiger charge is -2.18. The Kier molecular flexibility index (Phi) is 7.88. The maximum Gasteiger partial charge on any atom is 0.344 e. The fourth-order valence-electron chi connectivity index (χ4n) is 2.82. The third-order valence-corrected chi connectivity index (χ3v) is 4.32. The first-order chi connectivity index (χ1) is 13.8. The van der Waals surface area contributed by atoms with Gasteiger partial charge < -0.3 is 24.3 Å². The number of nitrogens with one attached hydrogen (secondary N) is 1. The molecule has 0 saturated carbocycles. The minimum atomic E-state index is -0.619. The van der Waals surface area contributed by atoms with Crippen molar-refractivity contribution >= 4 is 11.9 Å². The normalized spacial score (nSPS) is 11.3. The standard InChI is InChI=1S/C22H27NO6/c1-14-6-8-19(15(2)10-14)28-13-22(25)29-12-21(24)23-16(3)18-11-17(26-4)7-9-20(18)27-5/h6-11,16H,12-13H2,1-5H3,(H,23,24)/t16-/m1/s1. The average molecular weight is 401 g/mol. The first kappa shape index (κ1) is 22.1. The highest BCUT2D eigenvalue weighted by molar-refractivity contribution is 5.81. The minimum Gasteiger partial charge on any atom is -0.497 e. The van der Waals surface area contributed by atoms with Crippen molar-refractivity contribution in [2.45, 2.75) is 26.8 Å². The van der Waals surface area contributed by atoms with Crippen LogP contribution in [-0.4, -0.2) is 39.3 Å². The lowest BCUT2D eigenvalue weighted by atomic mass is 10.1. The molecule has 2 aromatic carbocycles. The van der Waals surface area contributed by atoms with Crippen LogP contribution < -0.4 is 19.5 Å². The van der Waals surface area contributed by atoms with Crippen LogP contribution in [0, 0.1) is 13.8 Å². The number of hydrogen-bond acceptors (Lipinski definition) is 6. The largest absolute Gasteiger partial charge is 0.497 e. The van der Waals surface area contributed by atoms with E-state index in [0.717, 1.165) is 16.7 Å². The van der Waals surface area contributed by atoms with Crippen molar-refractivity contribution in [2.75, 3.05) is 27.4 Å². The highest BCUT2D eigenvalue weighted by atomic mass is 16.6. The molecule has 7 heteroatoms. The van der Waals surface area contributed by atoms with Crippen LogP contribution in [0.15, 0.2) is 36.4 Å². The molecule has 29 heavy (non-hydrogen) atoms. The molecule has 0 unspecified atom stereocenters. The van der Waals surface area contributed by atoms with Gasteiger partial charge in [0.1, 0.15) is 17.2 Å². The minimum absolute atomic E-state index is 0.267. The molecule has 0 fully saturated rings. The molecular weight excluding hydrogens is 374 g/mol. The second-order valence-corrected chi connectivity index (χ2v) is 6.62. The van der Waals surface area contributed by atoms with Crippen molar-refractivity contribution < 1.29 is 28.5 Å². The van der Waals surface area contributed by atoms with Crippen LogP contribution in [0.3, 0.4) is 0 Å². The molecule has 0 bridgehead atoms. The molecule has 2 aromatic rings. The zero-order valence-electron chi connectivity index (χ0n) is 17.4. The molecule has 0 aliphatic heterocycles. The van der Waals surface area contributed by atoms with Crippen molar-refractivity contribution in [3.05, 3.63) is 53.1 Å². The van der Waals surface area contributed by atoms with Gasteiger partial charge in [0.05, 0.1) is 20.3 Å². The van der Waals surface area contributed by atoms with Gasteiger partial charge in [-0.15, -0.1) is 0 Å². The lowest BCUT2D eigenvalue weighted by Crippen LogP contribution is -2.32. The van der Waals surface area contributed by atoms with Crippen molar-refractivity contribution in [2.24, 2.45) is 0 Å². The predicted molar refractivity (Wildman–Crippen MR) is 108 cm³/mol. The molecule has 0 aliphatic rings. The summed E-state index contributed by atoms with van der Waals surface area (Å²) in [6.07, 6.45) is 0. The first-order valence-corrected chi connectivity index (χ1v) is 9.21. The Balaban J connectivity index is 1.83. The maximum absolute atomic E-state index is 12.1. The molecule has 0 radical (unpaired) electrons. The summed E-state index contributed by atoms with van der Waals surface area (Å²) in [4.78, 5) is 24.0. The van der Waals surface area contributed by atoms with E-state index in [1.54, 1.807) is 45.4 Å². The van der Waals surface area contributed by atoms with Crippen LogP contribution >= 0.6 is 0 Å². The van der Waals surface area contributed by atoms with Gasteiger partial charge in [-0.3, -0.25) is 4.79 Å². The zero-order valence-corrected chi connectivity index (χ0v) is 17.4. The van der Waals surface area contributed by atoms with E-state index in [9.17, 15) is 9.59 Å². The third-order valence-electron chi connectivity index (χ3n) is 4.32. The topological polar surface area (TPSA) is 83.1 Å². The number of hydrogen-bond donors (Lipinski definition) is 1. The second-order valence-electron chi connectivity index (χ2n) is 6.62. The van der Waals surface area contributed by atoms with Gasteiger partial charge in [0, 0.05) is 5.56 Å². The highest BCUT2D eigenvalue weighted by Gasteiger charge is 2.16. The van der Waals surface area contributed by atoms with E-state index in [1.165, 1.54) is 0 Å². The van der Waals surface area contributed by atoms with E-state index in [-0.39, 0.29) is 12.6 Å². The molecule has 156 valence electrons. The van der Waals surface area contributed by atoms with Crippen molar-refractivity contribution in [3.8, 4) is 17.2 Å². The number of amides is 1. The number of methoxy groups -OCH3 is 2. The van der Waals surface area contributed by atoms with Gasteiger partial charge in [0.2, 0.25) is 0 Å². The van der Waals surface area contributed by atoms with E-state index in [0.29, 0.717) is 17.2 Å². The Hall–Kier alpha value is -3.22. The summed E-state index contributed by atoms with van der Waals surface area (Å²) in [7, 11) is 3.12. The van der Waals surface area contributed by atoms with Gasteiger partial charge in [-0.25, -0.2) is 4.79 Å². The second kappa shape index (κ2) is 10.4. The summed E-state index contributed by atoms with van der Waals surface area (Å²) in [5.41, 5.74) is 2.79. The highest BCUT2D eigenvalue weighted by Crippen LogP contribution is 2.29. The SMILES string of the molecule is COc1ccc(OC)c([C@@H](C)NC(=O)COC(=O)COc2ccc(C)cc2C)c1. The molecule has 0 saturated heterocycles. The number of ether oxygens (including phenoxy) is 4. The number of benzene rings is 2. The Morgan fingerprint density at radius 2 is 1.69 bits per heavy atom. The Labute approximate surface area is 170 Å². The number of aryl methyl sites for hydroxylation is 2. The monoisotopic (exact) mass is 401 g/mol. The smallest absolute Gasteiger partial charge is 0.344 e. The molecule has 1 N–H and O–H groups in total. The fraction of sp³-hybridized carbons (Fsp3) is 0.364. The molecular formula is C22H27NO6. The molecule has 0 spiro atoms. The van der Waals surface area contributed by atoms with Gasteiger partial charge in [-0.2, -0.15) is 0 Å². The van der Waals surface area contributed by atoms with Gasteiger partial charge >= 0.3 is 5.97 Å². The van der Waals surface area contributed by atoms with E-state index >= 15 is 0 Å². The van der Waals surface area contributed by atoms with Gasteiger partial charge in [-0.1, -0.05) is 17.7 Å². The average Bonchev–Trinajstić information content (AvgIpc) is 2.71. The summed E-state index contributed by atoms with van der Waals surface area (Å²) in [6.45, 7) is 5.02. The molecule has 1 amide bonds. The van der Waals surface area contributed by atoms with Crippen LogP contribution in [0.5, 0.6) is 17.2 Å². The van der Waals surface area contributed by atoms with E-state index in [2.05, 4.69) is 5.32 Å². The van der Waals surface area contributed by atoms with Gasteiger partial charge in [0.15, 0.2) is 13.2 Å². The van der Waals surface area contributed by atoms with E-state index in [1.807, 2.05) is 26.0 Å². The lowest BCUT2D eigenvalue weighted by molar-refractivity contribution is -0.150. The third kappa shape index (κ3) is 6.41. The van der Waals surface area contributed by atoms with Crippen LogP contribution in [0.2, 0.25) is 0 Å². The van der Waals surface area contributed by atoms with Crippen LogP contribution in [-0.2, 0) is 14.3 Å².